The summed E-state index contributed by atoms with van der Waals surface area (Å²) in [4.78, 5) is 20.7. The van der Waals surface area contributed by atoms with Crippen molar-refractivity contribution in [2.45, 2.75) is 13.0 Å². The Morgan fingerprint density at radius 2 is 1.87 bits per heavy atom. The van der Waals surface area contributed by atoms with Crippen molar-refractivity contribution >= 4 is 17.5 Å². The first kappa shape index (κ1) is 16.0. The molecule has 4 nitrogen and oxygen atoms in total. The number of nitrogens with zero attached hydrogens (tertiary/aromatic N) is 3. The van der Waals surface area contributed by atoms with E-state index in [0.29, 0.717) is 6.42 Å². The summed E-state index contributed by atoms with van der Waals surface area (Å²) in [7, 11) is 0. The third-order valence-corrected chi connectivity index (χ3v) is 4.33. The highest BCUT2D eigenvalue weighted by molar-refractivity contribution is 6.30. The SMILES string of the molecule is O=C(Cc1cccnc1)N1CCN(Cc2cccc(Cl)c2)CC1. The van der Waals surface area contributed by atoms with E-state index in [2.05, 4.69) is 16.0 Å². The first-order valence-electron chi connectivity index (χ1n) is 7.84. The molecule has 1 fully saturated rings. The Kier molecular flexibility index (Phi) is 5.26. The van der Waals surface area contributed by atoms with E-state index < -0.39 is 0 Å². The fourth-order valence-electron chi connectivity index (χ4n) is 2.84. The third-order valence-electron chi connectivity index (χ3n) is 4.10. The smallest absolute Gasteiger partial charge is 0.227 e. The molecule has 1 aliphatic rings. The summed E-state index contributed by atoms with van der Waals surface area (Å²) < 4.78 is 0. The van der Waals surface area contributed by atoms with Crippen LogP contribution in [0.25, 0.3) is 0 Å². The van der Waals surface area contributed by atoms with Gasteiger partial charge in [0.05, 0.1) is 6.42 Å². The fraction of sp³-hybridized carbons (Fsp3) is 0.333. The number of aromatic nitrogens is 1. The highest BCUT2D eigenvalue weighted by atomic mass is 35.5. The topological polar surface area (TPSA) is 36.4 Å². The number of carbonyl (C=O) groups is 1. The zero-order valence-corrected chi connectivity index (χ0v) is 13.7. The lowest BCUT2D eigenvalue weighted by atomic mass is 10.1. The average Bonchev–Trinajstić information content (AvgIpc) is 2.56. The maximum atomic E-state index is 12.3. The van der Waals surface area contributed by atoms with E-state index in [1.54, 1.807) is 12.4 Å². The van der Waals surface area contributed by atoms with Crippen molar-refractivity contribution in [3.8, 4) is 0 Å². The molecule has 1 aromatic heterocycles. The van der Waals surface area contributed by atoms with Gasteiger partial charge in [0.1, 0.15) is 0 Å². The molecular weight excluding hydrogens is 310 g/mol. The number of halogens is 1. The molecule has 0 spiro atoms. The normalized spacial score (nSPS) is 15.6. The van der Waals surface area contributed by atoms with Crippen LogP contribution >= 0.6 is 11.6 Å². The first-order valence-corrected chi connectivity index (χ1v) is 8.22. The first-order chi connectivity index (χ1) is 11.2. The monoisotopic (exact) mass is 329 g/mol. The van der Waals surface area contributed by atoms with Gasteiger partial charge >= 0.3 is 0 Å². The van der Waals surface area contributed by atoms with Gasteiger partial charge in [0.15, 0.2) is 0 Å². The van der Waals surface area contributed by atoms with Gasteiger partial charge in [-0.05, 0) is 29.3 Å². The summed E-state index contributed by atoms with van der Waals surface area (Å²) in [6, 6.07) is 11.8. The molecule has 1 saturated heterocycles. The molecule has 3 rings (SSSR count). The maximum Gasteiger partial charge on any atom is 0.227 e. The van der Waals surface area contributed by atoms with Crippen molar-refractivity contribution in [3.63, 3.8) is 0 Å². The standard InChI is InChI=1S/C18H20ClN3O/c19-17-5-1-3-16(11-17)14-21-7-9-22(10-8-21)18(23)12-15-4-2-6-20-13-15/h1-6,11,13H,7-10,12,14H2. The van der Waals surface area contributed by atoms with Crippen molar-refractivity contribution in [2.75, 3.05) is 26.2 Å². The van der Waals surface area contributed by atoms with Crippen LogP contribution in [-0.4, -0.2) is 46.9 Å². The molecule has 2 aromatic rings. The molecule has 0 N–H and O–H groups in total. The minimum Gasteiger partial charge on any atom is -0.340 e. The highest BCUT2D eigenvalue weighted by Gasteiger charge is 2.21. The van der Waals surface area contributed by atoms with Gasteiger partial charge in [-0.15, -0.1) is 0 Å². The van der Waals surface area contributed by atoms with Crippen molar-refractivity contribution in [1.29, 1.82) is 0 Å². The predicted molar refractivity (Wildman–Crippen MR) is 91.3 cm³/mol. The number of hydrogen-bond donors (Lipinski definition) is 0. The molecule has 23 heavy (non-hydrogen) atoms. The van der Waals surface area contributed by atoms with Crippen LogP contribution < -0.4 is 0 Å². The van der Waals surface area contributed by atoms with Crippen molar-refractivity contribution < 1.29 is 4.79 Å². The number of piperazine rings is 1. The minimum atomic E-state index is 0.181. The zero-order chi connectivity index (χ0) is 16.1. The van der Waals surface area contributed by atoms with E-state index in [9.17, 15) is 4.79 Å². The molecule has 5 heteroatoms. The predicted octanol–water partition coefficient (Wildman–Crippen LogP) is 2.62. The highest BCUT2D eigenvalue weighted by Crippen LogP contribution is 2.14. The lowest BCUT2D eigenvalue weighted by molar-refractivity contribution is -0.132. The van der Waals surface area contributed by atoms with Gasteiger partial charge < -0.3 is 4.90 Å². The minimum absolute atomic E-state index is 0.181. The second-order valence-corrected chi connectivity index (χ2v) is 6.26. The van der Waals surface area contributed by atoms with Gasteiger partial charge in [-0.2, -0.15) is 0 Å². The van der Waals surface area contributed by atoms with Gasteiger partial charge in [-0.1, -0.05) is 29.8 Å². The molecule has 1 aromatic carbocycles. The van der Waals surface area contributed by atoms with Gasteiger partial charge in [-0.3, -0.25) is 14.7 Å². The van der Waals surface area contributed by atoms with Crippen LogP contribution in [-0.2, 0) is 17.8 Å². The summed E-state index contributed by atoms with van der Waals surface area (Å²) in [6.45, 7) is 4.22. The Morgan fingerprint density at radius 1 is 1.09 bits per heavy atom. The molecule has 0 saturated carbocycles. The number of rotatable bonds is 4. The van der Waals surface area contributed by atoms with Crippen molar-refractivity contribution in [2.24, 2.45) is 0 Å². The van der Waals surface area contributed by atoms with Gasteiger partial charge in [0, 0.05) is 50.1 Å². The Labute approximate surface area is 141 Å². The summed E-state index contributed by atoms with van der Waals surface area (Å²) in [5, 5.41) is 0.771. The largest absolute Gasteiger partial charge is 0.340 e. The Morgan fingerprint density at radius 3 is 2.57 bits per heavy atom. The Bertz CT molecular complexity index is 654. The number of amides is 1. The molecule has 1 amide bonds. The molecular formula is C18H20ClN3O. The van der Waals surface area contributed by atoms with Crippen LogP contribution in [0.4, 0.5) is 0 Å². The molecule has 120 valence electrons. The van der Waals surface area contributed by atoms with E-state index in [0.717, 1.165) is 43.3 Å². The molecule has 1 aliphatic heterocycles. The van der Waals surface area contributed by atoms with Crippen LogP contribution in [0.2, 0.25) is 5.02 Å². The van der Waals surface area contributed by atoms with Crippen molar-refractivity contribution in [1.82, 2.24) is 14.8 Å². The molecule has 0 radical (unpaired) electrons. The molecule has 0 atom stereocenters. The van der Waals surface area contributed by atoms with Crippen molar-refractivity contribution in [3.05, 3.63) is 64.9 Å². The van der Waals surface area contributed by atoms with Crippen LogP contribution in [0.15, 0.2) is 48.8 Å². The fourth-order valence-corrected chi connectivity index (χ4v) is 3.05. The Balaban J connectivity index is 1.49. The van der Waals surface area contributed by atoms with Gasteiger partial charge in [0.2, 0.25) is 5.91 Å². The van der Waals surface area contributed by atoms with Crippen LogP contribution in [0.1, 0.15) is 11.1 Å². The molecule has 0 bridgehead atoms. The van der Waals surface area contributed by atoms with Gasteiger partial charge in [-0.25, -0.2) is 0 Å². The third kappa shape index (κ3) is 4.53. The quantitative estimate of drug-likeness (QED) is 0.865. The summed E-state index contributed by atoms with van der Waals surface area (Å²) in [5.41, 5.74) is 2.19. The number of hydrogen-bond acceptors (Lipinski definition) is 3. The van der Waals surface area contributed by atoms with Gasteiger partial charge in [0.25, 0.3) is 0 Å². The second kappa shape index (κ2) is 7.57. The summed E-state index contributed by atoms with van der Waals surface area (Å²) >= 11 is 6.03. The van der Waals surface area contributed by atoms with Crippen LogP contribution in [0.5, 0.6) is 0 Å². The lowest BCUT2D eigenvalue weighted by Crippen LogP contribution is -2.48. The van der Waals surface area contributed by atoms with E-state index in [1.807, 2.05) is 35.2 Å². The molecule has 0 aliphatic carbocycles. The van der Waals surface area contributed by atoms with E-state index in [1.165, 1.54) is 5.56 Å². The van der Waals surface area contributed by atoms with E-state index >= 15 is 0 Å². The number of benzene rings is 1. The lowest BCUT2D eigenvalue weighted by Gasteiger charge is -2.34. The number of pyridine rings is 1. The molecule has 0 unspecified atom stereocenters. The second-order valence-electron chi connectivity index (χ2n) is 5.82. The van der Waals surface area contributed by atoms with Crippen LogP contribution in [0, 0.1) is 0 Å². The molecule has 2 heterocycles. The average molecular weight is 330 g/mol. The summed E-state index contributed by atoms with van der Waals surface area (Å²) in [5.74, 6) is 0.181. The Hall–Kier alpha value is -1.91. The maximum absolute atomic E-state index is 12.3. The zero-order valence-electron chi connectivity index (χ0n) is 13.0. The number of carbonyl (C=O) groups excluding carboxylic acids is 1. The van der Waals surface area contributed by atoms with E-state index in [-0.39, 0.29) is 5.91 Å². The van der Waals surface area contributed by atoms with Crippen LogP contribution in [0.3, 0.4) is 0 Å². The van der Waals surface area contributed by atoms with E-state index in [4.69, 9.17) is 11.6 Å². The summed E-state index contributed by atoms with van der Waals surface area (Å²) in [6.07, 6.45) is 3.91.